The number of ether oxygens (including phenoxy) is 1. The van der Waals surface area contributed by atoms with Crippen LogP contribution in [0.15, 0.2) is 0 Å². The van der Waals surface area contributed by atoms with Crippen molar-refractivity contribution in [3.8, 4) is 0 Å². The Morgan fingerprint density at radius 1 is 1.27 bits per heavy atom. The molecule has 2 bridgehead atoms. The first-order chi connectivity index (χ1) is 5.15. The van der Waals surface area contributed by atoms with Crippen LogP contribution in [0.4, 0.5) is 0 Å². The zero-order valence-corrected chi connectivity index (χ0v) is 7.39. The second-order valence-corrected chi connectivity index (χ2v) is 5.21. The minimum Gasteiger partial charge on any atom is -0.369 e. The van der Waals surface area contributed by atoms with Gasteiger partial charge in [0.05, 0.1) is 12.2 Å². The van der Waals surface area contributed by atoms with E-state index in [0.29, 0.717) is 11.0 Å². The number of hydrogen-bond donors (Lipinski definition) is 0. The highest BCUT2D eigenvalue weighted by Gasteiger charge is 2.67. The van der Waals surface area contributed by atoms with Crippen molar-refractivity contribution < 1.29 is 4.74 Å². The highest BCUT2D eigenvalue weighted by molar-refractivity contribution is 5.16. The largest absolute Gasteiger partial charge is 0.369 e. The first-order valence-corrected chi connectivity index (χ1v) is 4.79. The first kappa shape index (κ1) is 6.47. The molecule has 1 heterocycles. The summed E-state index contributed by atoms with van der Waals surface area (Å²) in [6.45, 7) is 5.94. The van der Waals surface area contributed by atoms with Gasteiger partial charge in [-0.3, -0.25) is 0 Å². The van der Waals surface area contributed by atoms with Gasteiger partial charge in [0, 0.05) is 0 Å². The van der Waals surface area contributed by atoms with Gasteiger partial charge in [0.25, 0.3) is 0 Å². The van der Waals surface area contributed by atoms with Gasteiger partial charge in [-0.15, -0.1) is 0 Å². The molecule has 2 aliphatic carbocycles. The molecule has 1 spiro atoms. The Bertz CT molecular complexity index is 203. The van der Waals surface area contributed by atoms with Crippen LogP contribution < -0.4 is 0 Å². The summed E-state index contributed by atoms with van der Waals surface area (Å²) >= 11 is 0. The summed E-state index contributed by atoms with van der Waals surface area (Å²) < 4.78 is 5.63. The molecule has 3 rings (SSSR count). The molecule has 3 unspecified atom stereocenters. The lowest BCUT2D eigenvalue weighted by Crippen LogP contribution is -2.25. The van der Waals surface area contributed by atoms with Crippen LogP contribution in [-0.4, -0.2) is 12.2 Å². The maximum atomic E-state index is 5.63. The van der Waals surface area contributed by atoms with Gasteiger partial charge in [0.2, 0.25) is 0 Å². The Morgan fingerprint density at radius 2 is 2.00 bits per heavy atom. The minimum atomic E-state index is 0.395. The summed E-state index contributed by atoms with van der Waals surface area (Å²) in [5.41, 5.74) is 0.989. The van der Waals surface area contributed by atoms with Crippen molar-refractivity contribution in [3.63, 3.8) is 0 Å². The summed E-state index contributed by atoms with van der Waals surface area (Å²) in [4.78, 5) is 0. The molecule has 0 aromatic rings. The fourth-order valence-corrected chi connectivity index (χ4v) is 3.67. The van der Waals surface area contributed by atoms with E-state index in [1.165, 1.54) is 19.3 Å². The molecule has 0 radical (unpaired) electrons. The lowest BCUT2D eigenvalue weighted by Gasteiger charge is -2.24. The molecular formula is C10H16O. The lowest BCUT2D eigenvalue weighted by molar-refractivity contribution is 0.182. The number of epoxide rings is 1. The van der Waals surface area contributed by atoms with E-state index in [2.05, 4.69) is 13.8 Å². The quantitative estimate of drug-likeness (QED) is 0.485. The Kier molecular flexibility index (Phi) is 0.893. The molecule has 62 valence electrons. The highest BCUT2D eigenvalue weighted by Crippen LogP contribution is 2.67. The van der Waals surface area contributed by atoms with E-state index in [1.54, 1.807) is 0 Å². The standard InChI is InChI=1S/C10H16O/c1-9(2)7-3-4-8(9)10(5-7)6-11-10/h7-8H,3-6H2,1-2H3. The molecule has 3 aliphatic rings. The maximum Gasteiger partial charge on any atom is 0.0952 e. The fraction of sp³-hybridized carbons (Fsp3) is 1.00. The third kappa shape index (κ3) is 0.581. The van der Waals surface area contributed by atoms with Crippen LogP contribution in [0.1, 0.15) is 33.1 Å². The van der Waals surface area contributed by atoms with Crippen molar-refractivity contribution in [1.29, 1.82) is 0 Å². The Morgan fingerprint density at radius 3 is 2.27 bits per heavy atom. The van der Waals surface area contributed by atoms with Crippen LogP contribution in [0.25, 0.3) is 0 Å². The van der Waals surface area contributed by atoms with Crippen molar-refractivity contribution in [2.75, 3.05) is 6.61 Å². The van der Waals surface area contributed by atoms with Gasteiger partial charge in [-0.25, -0.2) is 0 Å². The topological polar surface area (TPSA) is 12.5 Å². The minimum absolute atomic E-state index is 0.395. The van der Waals surface area contributed by atoms with Crippen molar-refractivity contribution in [3.05, 3.63) is 0 Å². The van der Waals surface area contributed by atoms with Crippen molar-refractivity contribution >= 4 is 0 Å². The molecule has 1 nitrogen and oxygen atoms in total. The predicted molar refractivity (Wildman–Crippen MR) is 43.3 cm³/mol. The van der Waals surface area contributed by atoms with Crippen LogP contribution in [0.5, 0.6) is 0 Å². The van der Waals surface area contributed by atoms with Gasteiger partial charge in [0.1, 0.15) is 0 Å². The molecule has 0 aromatic heterocycles. The average Bonchev–Trinajstić information content (AvgIpc) is 2.58. The van der Waals surface area contributed by atoms with Crippen LogP contribution in [-0.2, 0) is 4.74 Å². The van der Waals surface area contributed by atoms with Gasteiger partial charge in [-0.1, -0.05) is 13.8 Å². The molecule has 11 heavy (non-hydrogen) atoms. The van der Waals surface area contributed by atoms with Crippen LogP contribution in [0, 0.1) is 17.3 Å². The van der Waals surface area contributed by atoms with Gasteiger partial charge in [-0.05, 0) is 36.5 Å². The molecule has 1 heteroatoms. The lowest BCUT2D eigenvalue weighted by atomic mass is 9.80. The molecule has 1 saturated heterocycles. The third-order valence-corrected chi connectivity index (χ3v) is 4.50. The summed E-state index contributed by atoms with van der Waals surface area (Å²) in [7, 11) is 0. The van der Waals surface area contributed by atoms with E-state index in [4.69, 9.17) is 4.74 Å². The number of rotatable bonds is 0. The third-order valence-electron chi connectivity index (χ3n) is 4.50. The molecule has 0 aromatic carbocycles. The van der Waals surface area contributed by atoms with Crippen LogP contribution >= 0.6 is 0 Å². The molecule has 0 N–H and O–H groups in total. The fourth-order valence-electron chi connectivity index (χ4n) is 3.67. The van der Waals surface area contributed by atoms with Crippen LogP contribution in [0.2, 0.25) is 0 Å². The van der Waals surface area contributed by atoms with Crippen molar-refractivity contribution in [2.24, 2.45) is 17.3 Å². The van der Waals surface area contributed by atoms with Gasteiger partial charge < -0.3 is 4.74 Å². The smallest absolute Gasteiger partial charge is 0.0952 e. The Balaban J connectivity index is 2.02. The maximum absolute atomic E-state index is 5.63. The monoisotopic (exact) mass is 152 g/mol. The molecule has 2 saturated carbocycles. The molecule has 1 aliphatic heterocycles. The normalized spacial score (nSPS) is 57.3. The van der Waals surface area contributed by atoms with Gasteiger partial charge >= 0.3 is 0 Å². The van der Waals surface area contributed by atoms with E-state index >= 15 is 0 Å². The van der Waals surface area contributed by atoms with E-state index < -0.39 is 0 Å². The van der Waals surface area contributed by atoms with E-state index in [9.17, 15) is 0 Å². The zero-order valence-electron chi connectivity index (χ0n) is 7.39. The van der Waals surface area contributed by atoms with Gasteiger partial charge in [-0.2, -0.15) is 0 Å². The molecule has 3 atom stereocenters. The summed E-state index contributed by atoms with van der Waals surface area (Å²) in [5, 5.41) is 0. The summed E-state index contributed by atoms with van der Waals surface area (Å²) in [6, 6.07) is 0. The van der Waals surface area contributed by atoms with E-state index in [0.717, 1.165) is 18.4 Å². The zero-order chi connectivity index (χ0) is 7.69. The number of fused-ring (bicyclic) bond motifs is 3. The second kappa shape index (κ2) is 1.52. The number of hydrogen-bond acceptors (Lipinski definition) is 1. The molecular weight excluding hydrogens is 136 g/mol. The Labute approximate surface area is 68.1 Å². The second-order valence-electron chi connectivity index (χ2n) is 5.21. The average molecular weight is 152 g/mol. The molecule has 3 fully saturated rings. The van der Waals surface area contributed by atoms with Gasteiger partial charge in [0.15, 0.2) is 0 Å². The SMILES string of the molecule is CC1(C)C2CCC1C1(CO1)C2. The van der Waals surface area contributed by atoms with Crippen molar-refractivity contribution in [1.82, 2.24) is 0 Å². The van der Waals surface area contributed by atoms with Crippen LogP contribution in [0.3, 0.4) is 0 Å². The Hall–Kier alpha value is -0.0400. The van der Waals surface area contributed by atoms with E-state index in [-0.39, 0.29) is 0 Å². The molecule has 0 amide bonds. The summed E-state index contributed by atoms with van der Waals surface area (Å²) in [5.74, 6) is 1.86. The van der Waals surface area contributed by atoms with Crippen molar-refractivity contribution in [2.45, 2.75) is 38.7 Å². The first-order valence-electron chi connectivity index (χ1n) is 4.79. The predicted octanol–water partition coefficient (Wildman–Crippen LogP) is 2.21. The van der Waals surface area contributed by atoms with E-state index in [1.807, 2.05) is 0 Å². The summed E-state index contributed by atoms with van der Waals surface area (Å²) in [6.07, 6.45) is 4.26. The highest BCUT2D eigenvalue weighted by atomic mass is 16.6.